The number of hydrogen-bond donors (Lipinski definition) is 1. The topological polar surface area (TPSA) is 84.9 Å². The number of fused-ring (bicyclic) bond motifs is 1. The van der Waals surface area contributed by atoms with Gasteiger partial charge < -0.3 is 19.7 Å². The van der Waals surface area contributed by atoms with Gasteiger partial charge in [-0.25, -0.2) is 0 Å². The van der Waals surface area contributed by atoms with Gasteiger partial charge >= 0.3 is 0 Å². The number of amides is 2. The first-order valence-corrected chi connectivity index (χ1v) is 10.5. The van der Waals surface area contributed by atoms with E-state index >= 15 is 0 Å². The van der Waals surface area contributed by atoms with E-state index in [0.717, 1.165) is 16.9 Å². The van der Waals surface area contributed by atoms with Crippen LogP contribution in [-0.2, 0) is 9.59 Å². The summed E-state index contributed by atoms with van der Waals surface area (Å²) >= 11 is 0. The molecule has 162 valence electrons. The molecule has 2 aromatic rings. The molecule has 4 rings (SSSR count). The van der Waals surface area contributed by atoms with Crippen LogP contribution in [0.3, 0.4) is 0 Å². The number of benzene rings is 2. The minimum absolute atomic E-state index is 0.00652. The number of ether oxygens (including phenoxy) is 2. The molecule has 0 radical (unpaired) electrons. The van der Waals surface area contributed by atoms with Crippen LogP contribution in [0.5, 0.6) is 11.5 Å². The minimum Gasteiger partial charge on any atom is -0.483 e. The lowest BCUT2D eigenvalue weighted by molar-refractivity contribution is -0.134. The van der Waals surface area contributed by atoms with E-state index in [1.54, 1.807) is 23.1 Å². The molecule has 0 aromatic heterocycles. The highest BCUT2D eigenvalue weighted by Crippen LogP contribution is 2.31. The first-order valence-electron chi connectivity index (χ1n) is 10.5. The van der Waals surface area contributed by atoms with Crippen LogP contribution in [-0.4, -0.2) is 48.8 Å². The number of nitrogens with one attached hydrogen (secondary N) is 1. The normalized spacial score (nSPS) is 16.2. The molecule has 0 unspecified atom stereocenters. The van der Waals surface area contributed by atoms with E-state index in [1.807, 2.05) is 32.0 Å². The number of ketones is 1. The Morgan fingerprint density at radius 3 is 2.68 bits per heavy atom. The van der Waals surface area contributed by atoms with E-state index in [1.165, 1.54) is 0 Å². The molecule has 0 atom stereocenters. The van der Waals surface area contributed by atoms with E-state index in [0.29, 0.717) is 42.9 Å². The summed E-state index contributed by atoms with van der Waals surface area (Å²) in [6.45, 7) is 4.97. The summed E-state index contributed by atoms with van der Waals surface area (Å²) in [5.41, 5.74) is 3.15. The monoisotopic (exact) mass is 422 g/mol. The number of carbonyl (C=O) groups is 3. The summed E-state index contributed by atoms with van der Waals surface area (Å²) in [5.74, 6) is 0.873. The Kier molecular flexibility index (Phi) is 5.93. The van der Waals surface area contributed by atoms with Crippen LogP contribution in [0.1, 0.15) is 34.3 Å². The first-order chi connectivity index (χ1) is 14.9. The number of rotatable bonds is 5. The Morgan fingerprint density at radius 2 is 1.90 bits per heavy atom. The smallest absolute Gasteiger partial charge is 0.262 e. The zero-order valence-corrected chi connectivity index (χ0v) is 17.8. The molecule has 0 aliphatic carbocycles. The minimum atomic E-state index is -0.230. The largest absolute Gasteiger partial charge is 0.483 e. The van der Waals surface area contributed by atoms with Gasteiger partial charge in [0.1, 0.15) is 11.5 Å². The maximum absolute atomic E-state index is 12.9. The molecule has 7 nitrogen and oxygen atoms in total. The molecule has 2 aliphatic heterocycles. The number of carbonyl (C=O) groups excluding carboxylic acids is 3. The molecule has 2 aromatic carbocycles. The Balaban J connectivity index is 1.31. The molecular formula is C24H26N2O5. The number of likely N-dealkylation sites (tertiary alicyclic amines) is 1. The molecule has 0 spiro atoms. The second-order valence-electron chi connectivity index (χ2n) is 8.12. The summed E-state index contributed by atoms with van der Waals surface area (Å²) < 4.78 is 11.1. The number of nitrogens with zero attached hydrogens (tertiary/aromatic N) is 1. The predicted molar refractivity (Wildman–Crippen MR) is 116 cm³/mol. The Hall–Kier alpha value is -3.35. The maximum atomic E-state index is 12.9. The third kappa shape index (κ3) is 4.71. The molecular weight excluding hydrogens is 396 g/mol. The first kappa shape index (κ1) is 20.9. The Bertz CT molecular complexity index is 1020. The lowest BCUT2D eigenvalue weighted by Gasteiger charge is -2.31. The van der Waals surface area contributed by atoms with Crippen molar-refractivity contribution in [1.82, 2.24) is 4.90 Å². The summed E-state index contributed by atoms with van der Waals surface area (Å²) in [5, 5.41) is 2.73. The average Bonchev–Trinajstić information content (AvgIpc) is 2.78. The van der Waals surface area contributed by atoms with E-state index in [2.05, 4.69) is 5.32 Å². The van der Waals surface area contributed by atoms with Crippen LogP contribution in [0, 0.1) is 19.8 Å². The Morgan fingerprint density at radius 1 is 1.13 bits per heavy atom. The predicted octanol–water partition coefficient (Wildman–Crippen LogP) is 3.13. The number of Topliss-reactive ketones (excluding diaryl/α,β-unsaturated/α-hetero) is 1. The van der Waals surface area contributed by atoms with Crippen molar-refractivity contribution in [3.63, 3.8) is 0 Å². The van der Waals surface area contributed by atoms with Crippen LogP contribution in [0.4, 0.5) is 5.69 Å². The lowest BCUT2D eigenvalue weighted by Crippen LogP contribution is -2.42. The van der Waals surface area contributed by atoms with Gasteiger partial charge in [-0.1, -0.05) is 12.1 Å². The van der Waals surface area contributed by atoms with E-state index in [-0.39, 0.29) is 36.7 Å². The van der Waals surface area contributed by atoms with Gasteiger partial charge in [-0.3, -0.25) is 14.4 Å². The molecule has 2 heterocycles. The van der Waals surface area contributed by atoms with Gasteiger partial charge in [0.25, 0.3) is 11.8 Å². The number of piperidine rings is 1. The highest BCUT2D eigenvalue weighted by Gasteiger charge is 2.29. The molecule has 0 saturated carbocycles. The second-order valence-corrected chi connectivity index (χ2v) is 8.12. The van der Waals surface area contributed by atoms with Crippen molar-refractivity contribution in [2.45, 2.75) is 26.7 Å². The van der Waals surface area contributed by atoms with Crippen molar-refractivity contribution < 1.29 is 23.9 Å². The van der Waals surface area contributed by atoms with Crippen molar-refractivity contribution in [2.24, 2.45) is 5.92 Å². The molecule has 2 aliphatic rings. The third-order valence-corrected chi connectivity index (χ3v) is 5.81. The van der Waals surface area contributed by atoms with Crippen molar-refractivity contribution >= 4 is 23.3 Å². The van der Waals surface area contributed by atoms with Crippen molar-refractivity contribution in [2.75, 3.05) is 31.6 Å². The van der Waals surface area contributed by atoms with Crippen molar-refractivity contribution in [1.29, 1.82) is 0 Å². The highest BCUT2D eigenvalue weighted by molar-refractivity contribution is 6.01. The summed E-state index contributed by atoms with van der Waals surface area (Å²) in [6.07, 6.45) is 1.21. The van der Waals surface area contributed by atoms with Crippen LogP contribution >= 0.6 is 0 Å². The van der Waals surface area contributed by atoms with Gasteiger partial charge in [0, 0.05) is 24.6 Å². The molecule has 7 heteroatoms. The van der Waals surface area contributed by atoms with Crippen molar-refractivity contribution in [3.8, 4) is 11.5 Å². The van der Waals surface area contributed by atoms with E-state index in [9.17, 15) is 14.4 Å². The quantitative estimate of drug-likeness (QED) is 0.749. The van der Waals surface area contributed by atoms with Gasteiger partial charge in [-0.2, -0.15) is 0 Å². The van der Waals surface area contributed by atoms with Gasteiger partial charge in [-0.05, 0) is 62.1 Å². The van der Waals surface area contributed by atoms with Crippen molar-refractivity contribution in [3.05, 3.63) is 53.1 Å². The van der Waals surface area contributed by atoms with E-state index < -0.39 is 0 Å². The summed E-state index contributed by atoms with van der Waals surface area (Å²) in [6, 6.07) is 11.0. The fourth-order valence-corrected chi connectivity index (χ4v) is 3.96. The summed E-state index contributed by atoms with van der Waals surface area (Å²) in [4.78, 5) is 38.8. The number of hydrogen-bond acceptors (Lipinski definition) is 5. The molecule has 0 bridgehead atoms. The van der Waals surface area contributed by atoms with Gasteiger partial charge in [0.05, 0.1) is 5.69 Å². The third-order valence-electron chi connectivity index (χ3n) is 5.81. The Labute approximate surface area is 181 Å². The summed E-state index contributed by atoms with van der Waals surface area (Å²) in [7, 11) is 0. The molecule has 1 saturated heterocycles. The fourth-order valence-electron chi connectivity index (χ4n) is 3.96. The fraction of sp³-hybridized carbons (Fsp3) is 0.375. The zero-order chi connectivity index (χ0) is 22.0. The highest BCUT2D eigenvalue weighted by atomic mass is 16.5. The molecule has 2 amide bonds. The van der Waals surface area contributed by atoms with Crippen LogP contribution < -0.4 is 14.8 Å². The average molecular weight is 422 g/mol. The van der Waals surface area contributed by atoms with Gasteiger partial charge in [0.15, 0.2) is 19.0 Å². The van der Waals surface area contributed by atoms with Crippen LogP contribution in [0.15, 0.2) is 36.4 Å². The SMILES string of the molecule is Cc1ccc(C)c(OCC(=O)N2CCC(C(=O)c3ccc4c(c3)NC(=O)CO4)CC2)c1. The number of anilines is 1. The number of aryl methyl sites for hydroxylation is 2. The van der Waals surface area contributed by atoms with Crippen LogP contribution in [0.2, 0.25) is 0 Å². The van der Waals surface area contributed by atoms with Gasteiger partial charge in [-0.15, -0.1) is 0 Å². The zero-order valence-electron chi connectivity index (χ0n) is 17.8. The lowest BCUT2D eigenvalue weighted by atomic mass is 9.88. The molecule has 31 heavy (non-hydrogen) atoms. The molecule has 1 N–H and O–H groups in total. The van der Waals surface area contributed by atoms with Gasteiger partial charge in [0.2, 0.25) is 0 Å². The molecule has 1 fully saturated rings. The standard InChI is InChI=1S/C24H26N2O5/c1-15-3-4-16(2)21(11-15)31-14-23(28)26-9-7-17(8-10-26)24(29)18-5-6-20-19(12-18)25-22(27)13-30-20/h3-6,11-12,17H,7-10,13-14H2,1-2H3,(H,25,27). The van der Waals surface area contributed by atoms with E-state index in [4.69, 9.17) is 9.47 Å². The maximum Gasteiger partial charge on any atom is 0.262 e. The second kappa shape index (κ2) is 8.79. The van der Waals surface area contributed by atoms with Crippen LogP contribution in [0.25, 0.3) is 0 Å².